The molecule has 1 aliphatic heterocycles. The summed E-state index contributed by atoms with van der Waals surface area (Å²) >= 11 is 0. The molecule has 2 aromatic rings. The van der Waals surface area contributed by atoms with Gasteiger partial charge in [0, 0.05) is 32.9 Å². The van der Waals surface area contributed by atoms with E-state index in [0.717, 1.165) is 0 Å². The van der Waals surface area contributed by atoms with Crippen LogP contribution in [-0.2, 0) is 9.47 Å². The van der Waals surface area contributed by atoms with Crippen molar-refractivity contribution >= 4 is 11.8 Å². The Morgan fingerprint density at radius 3 is 2.31 bits per heavy atom. The molecule has 1 saturated heterocycles. The van der Waals surface area contributed by atoms with E-state index in [1.165, 1.54) is 18.2 Å². The van der Waals surface area contributed by atoms with E-state index >= 15 is 0 Å². The van der Waals surface area contributed by atoms with Gasteiger partial charge in [-0.05, 0) is 31.3 Å². The number of hydrogen-bond acceptors (Lipinski definition) is 6. The van der Waals surface area contributed by atoms with Gasteiger partial charge in [-0.15, -0.1) is 0 Å². The maximum atomic E-state index is 14.2. The minimum absolute atomic E-state index is 0.0710. The van der Waals surface area contributed by atoms with E-state index in [2.05, 4.69) is 10.6 Å². The van der Waals surface area contributed by atoms with Crippen molar-refractivity contribution in [3.05, 3.63) is 71.5 Å². The van der Waals surface area contributed by atoms with Gasteiger partial charge in [-0.3, -0.25) is 19.4 Å². The van der Waals surface area contributed by atoms with Crippen LogP contribution in [0.2, 0.25) is 0 Å². The molecule has 3 unspecified atom stereocenters. The second-order valence-corrected chi connectivity index (χ2v) is 7.52. The average Bonchev–Trinajstić information content (AvgIpc) is 2.82. The number of halogens is 1. The molecule has 0 aliphatic carbocycles. The second-order valence-electron chi connectivity index (χ2n) is 7.52. The molecule has 3 atom stereocenters. The lowest BCUT2D eigenvalue weighted by atomic mass is 10.1. The smallest absolute Gasteiger partial charge is 0.255 e. The minimum Gasteiger partial charge on any atom is -0.362 e. The van der Waals surface area contributed by atoms with Crippen LogP contribution in [0.1, 0.15) is 20.7 Å². The first kappa shape index (κ1) is 23.8. The molecular weight excluding hydrogens is 415 g/mol. The lowest BCUT2D eigenvalue weighted by molar-refractivity contribution is -0.207. The molecule has 1 fully saturated rings. The number of benzene rings is 2. The van der Waals surface area contributed by atoms with E-state index in [1.807, 2.05) is 22.9 Å². The third-order valence-electron chi connectivity index (χ3n) is 5.51. The third kappa shape index (κ3) is 5.49. The van der Waals surface area contributed by atoms with Crippen molar-refractivity contribution in [2.24, 2.45) is 0 Å². The topological polar surface area (TPSA) is 83.1 Å². The van der Waals surface area contributed by atoms with Crippen molar-refractivity contribution in [2.75, 3.05) is 40.9 Å². The SMILES string of the molecule is COC1C(OC)N(C(CNC(=O)c2ccccc2)NC(=O)c2ccccc2F)CCN1C. The number of hydrogen-bond donors (Lipinski definition) is 2. The maximum absolute atomic E-state index is 14.2. The van der Waals surface area contributed by atoms with Gasteiger partial charge >= 0.3 is 0 Å². The molecule has 0 saturated carbocycles. The third-order valence-corrected chi connectivity index (χ3v) is 5.51. The lowest BCUT2D eigenvalue weighted by Crippen LogP contribution is -2.67. The van der Waals surface area contributed by atoms with E-state index in [0.29, 0.717) is 18.7 Å². The number of nitrogens with one attached hydrogen (secondary N) is 2. The molecule has 1 aliphatic rings. The minimum atomic E-state index is -0.661. The number of methoxy groups -OCH3 is 2. The zero-order valence-corrected chi connectivity index (χ0v) is 18.5. The number of carbonyl (C=O) groups excluding carboxylic acids is 2. The first-order valence-electron chi connectivity index (χ1n) is 10.4. The van der Waals surface area contributed by atoms with Crippen molar-refractivity contribution in [3.63, 3.8) is 0 Å². The zero-order valence-electron chi connectivity index (χ0n) is 18.5. The molecule has 32 heavy (non-hydrogen) atoms. The summed E-state index contributed by atoms with van der Waals surface area (Å²) in [6.45, 7) is 1.28. The molecule has 0 spiro atoms. The van der Waals surface area contributed by atoms with Crippen LogP contribution in [-0.4, -0.2) is 81.1 Å². The van der Waals surface area contributed by atoms with Crippen LogP contribution in [0.3, 0.4) is 0 Å². The Morgan fingerprint density at radius 2 is 1.66 bits per heavy atom. The molecular formula is C23H29FN4O4. The standard InChI is InChI=1S/C23H29FN4O4/c1-27-13-14-28(23(32-3)22(27)31-2)19(15-25-20(29)16-9-5-4-6-10-16)26-21(30)17-11-7-8-12-18(17)24/h4-12,19,22-23H,13-15H2,1-3H3,(H,25,29)(H,26,30). The highest BCUT2D eigenvalue weighted by molar-refractivity contribution is 5.95. The Labute approximate surface area is 187 Å². The van der Waals surface area contributed by atoms with Crippen molar-refractivity contribution in [1.29, 1.82) is 0 Å². The Kier molecular flexibility index (Phi) is 8.29. The fourth-order valence-electron chi connectivity index (χ4n) is 3.80. The summed E-state index contributed by atoms with van der Waals surface area (Å²) in [5, 5.41) is 5.71. The predicted molar refractivity (Wildman–Crippen MR) is 117 cm³/mol. The van der Waals surface area contributed by atoms with E-state index in [1.54, 1.807) is 44.6 Å². The van der Waals surface area contributed by atoms with Gasteiger partial charge < -0.3 is 20.1 Å². The number of carbonyl (C=O) groups is 2. The van der Waals surface area contributed by atoms with Gasteiger partial charge in [-0.2, -0.15) is 0 Å². The molecule has 3 rings (SSSR count). The molecule has 0 bridgehead atoms. The lowest BCUT2D eigenvalue weighted by Gasteiger charge is -2.47. The molecule has 2 N–H and O–H groups in total. The van der Waals surface area contributed by atoms with Crippen molar-refractivity contribution in [2.45, 2.75) is 18.6 Å². The highest BCUT2D eigenvalue weighted by Gasteiger charge is 2.39. The summed E-state index contributed by atoms with van der Waals surface area (Å²) in [6.07, 6.45) is -1.56. The van der Waals surface area contributed by atoms with Crippen LogP contribution in [0.5, 0.6) is 0 Å². The first-order valence-corrected chi connectivity index (χ1v) is 10.4. The van der Waals surface area contributed by atoms with Crippen molar-refractivity contribution < 1.29 is 23.5 Å². The monoisotopic (exact) mass is 444 g/mol. The summed E-state index contributed by atoms with van der Waals surface area (Å²) in [7, 11) is 5.06. The number of amides is 2. The predicted octanol–water partition coefficient (Wildman–Crippen LogP) is 1.50. The number of ether oxygens (including phenoxy) is 2. The summed E-state index contributed by atoms with van der Waals surface area (Å²) in [5.41, 5.74) is 0.432. The molecule has 9 heteroatoms. The van der Waals surface area contributed by atoms with Crippen LogP contribution in [0.4, 0.5) is 4.39 Å². The fraction of sp³-hybridized carbons (Fsp3) is 0.391. The van der Waals surface area contributed by atoms with Gasteiger partial charge in [0.15, 0.2) is 6.23 Å². The Morgan fingerprint density at radius 1 is 1.00 bits per heavy atom. The summed E-state index contributed by atoms with van der Waals surface area (Å²) < 4.78 is 25.5. The van der Waals surface area contributed by atoms with E-state index < -0.39 is 24.1 Å². The molecule has 172 valence electrons. The molecule has 2 amide bonds. The largest absolute Gasteiger partial charge is 0.362 e. The first-order chi connectivity index (χ1) is 15.5. The van der Waals surface area contributed by atoms with Crippen LogP contribution >= 0.6 is 0 Å². The van der Waals surface area contributed by atoms with Crippen LogP contribution in [0.25, 0.3) is 0 Å². The number of rotatable bonds is 8. The highest BCUT2D eigenvalue weighted by Crippen LogP contribution is 2.20. The van der Waals surface area contributed by atoms with Crippen LogP contribution < -0.4 is 10.6 Å². The number of likely N-dealkylation sites (N-methyl/N-ethyl adjacent to an activating group) is 1. The van der Waals surface area contributed by atoms with E-state index in [4.69, 9.17) is 9.47 Å². The normalized spacial score (nSPS) is 20.5. The van der Waals surface area contributed by atoms with Gasteiger partial charge in [0.25, 0.3) is 11.8 Å². The average molecular weight is 445 g/mol. The summed E-state index contributed by atoms with van der Waals surface area (Å²) in [4.78, 5) is 29.4. The molecule has 0 radical (unpaired) electrons. The van der Waals surface area contributed by atoms with Gasteiger partial charge in [-0.1, -0.05) is 30.3 Å². The van der Waals surface area contributed by atoms with Gasteiger partial charge in [0.2, 0.25) is 0 Å². The zero-order chi connectivity index (χ0) is 23.1. The van der Waals surface area contributed by atoms with E-state index in [-0.39, 0.29) is 24.2 Å². The maximum Gasteiger partial charge on any atom is 0.255 e. The Bertz CT molecular complexity index is 914. The van der Waals surface area contributed by atoms with Crippen molar-refractivity contribution in [1.82, 2.24) is 20.4 Å². The Hall–Kier alpha value is -2.85. The highest BCUT2D eigenvalue weighted by atomic mass is 19.1. The quantitative estimate of drug-likeness (QED) is 0.642. The van der Waals surface area contributed by atoms with Gasteiger partial charge in [0.1, 0.15) is 18.2 Å². The van der Waals surface area contributed by atoms with E-state index in [9.17, 15) is 14.0 Å². The fourth-order valence-corrected chi connectivity index (χ4v) is 3.80. The Balaban J connectivity index is 1.82. The summed E-state index contributed by atoms with van der Waals surface area (Å²) in [5.74, 6) is -1.47. The molecule has 2 aromatic carbocycles. The number of nitrogens with zero attached hydrogens (tertiary/aromatic N) is 2. The number of piperazine rings is 1. The molecule has 1 heterocycles. The molecule has 8 nitrogen and oxygen atoms in total. The summed E-state index contributed by atoms with van der Waals surface area (Å²) in [6, 6.07) is 14.6. The van der Waals surface area contributed by atoms with Crippen LogP contribution in [0, 0.1) is 5.82 Å². The second kappa shape index (κ2) is 11.1. The van der Waals surface area contributed by atoms with Crippen LogP contribution in [0.15, 0.2) is 54.6 Å². The van der Waals surface area contributed by atoms with Crippen molar-refractivity contribution in [3.8, 4) is 0 Å². The van der Waals surface area contributed by atoms with Gasteiger partial charge in [-0.25, -0.2) is 4.39 Å². The van der Waals surface area contributed by atoms with Gasteiger partial charge in [0.05, 0.1) is 12.1 Å². The molecule has 0 aromatic heterocycles.